The van der Waals surface area contributed by atoms with Gasteiger partial charge in [0.05, 0.1) is 6.04 Å². The number of benzene rings is 1. The van der Waals surface area contributed by atoms with Gasteiger partial charge in [0, 0.05) is 38.9 Å². The number of carbonyl (C=O) groups is 2. The second-order valence-electron chi connectivity index (χ2n) is 8.07. The van der Waals surface area contributed by atoms with Gasteiger partial charge >= 0.3 is 6.03 Å². The van der Waals surface area contributed by atoms with Crippen molar-refractivity contribution in [1.29, 1.82) is 0 Å². The molecular formula is C23H30N6O2. The van der Waals surface area contributed by atoms with Crippen molar-refractivity contribution in [3.63, 3.8) is 0 Å². The fraction of sp³-hybridized carbons (Fsp3) is 0.391. The molecule has 0 spiro atoms. The summed E-state index contributed by atoms with van der Waals surface area (Å²) in [5.74, 6) is 0.796. The van der Waals surface area contributed by atoms with E-state index >= 15 is 0 Å². The number of hydrogen-bond donors (Lipinski definition) is 1. The van der Waals surface area contributed by atoms with Gasteiger partial charge in [-0.25, -0.2) is 4.79 Å². The number of urea groups is 1. The van der Waals surface area contributed by atoms with Crippen LogP contribution >= 0.6 is 0 Å². The fourth-order valence-corrected chi connectivity index (χ4v) is 3.38. The van der Waals surface area contributed by atoms with Crippen LogP contribution in [0.25, 0.3) is 5.65 Å². The Morgan fingerprint density at radius 2 is 1.77 bits per heavy atom. The van der Waals surface area contributed by atoms with Crippen molar-refractivity contribution in [1.82, 2.24) is 29.7 Å². The first-order valence-electron chi connectivity index (χ1n) is 10.5. The number of aromatic nitrogens is 3. The lowest BCUT2D eigenvalue weighted by molar-refractivity contribution is 0.0827. The predicted molar refractivity (Wildman–Crippen MR) is 120 cm³/mol. The van der Waals surface area contributed by atoms with Crippen molar-refractivity contribution < 1.29 is 9.59 Å². The van der Waals surface area contributed by atoms with E-state index in [2.05, 4.69) is 15.5 Å². The highest BCUT2D eigenvalue weighted by Crippen LogP contribution is 2.21. The molecule has 0 bridgehead atoms. The Labute approximate surface area is 182 Å². The van der Waals surface area contributed by atoms with Crippen molar-refractivity contribution in [3.8, 4) is 0 Å². The lowest BCUT2D eigenvalue weighted by Gasteiger charge is -2.27. The molecule has 1 atom stereocenters. The first-order valence-corrected chi connectivity index (χ1v) is 10.5. The van der Waals surface area contributed by atoms with E-state index in [0.29, 0.717) is 24.5 Å². The van der Waals surface area contributed by atoms with Crippen LogP contribution < -0.4 is 5.32 Å². The molecule has 0 aliphatic carbocycles. The maximum Gasteiger partial charge on any atom is 0.318 e. The SMILES string of the molecule is CCN(Cc1ccc(C(=O)N(C)C)cc1)C(=O)NC(c1nnc2ccccn12)C(C)C. The molecule has 0 fully saturated rings. The molecule has 0 aliphatic rings. The van der Waals surface area contributed by atoms with Crippen molar-refractivity contribution in [2.75, 3.05) is 20.6 Å². The maximum atomic E-state index is 13.1. The number of hydrogen-bond acceptors (Lipinski definition) is 4. The summed E-state index contributed by atoms with van der Waals surface area (Å²) < 4.78 is 1.90. The van der Waals surface area contributed by atoms with Crippen LogP contribution in [0, 0.1) is 5.92 Å². The zero-order valence-corrected chi connectivity index (χ0v) is 18.7. The van der Waals surface area contributed by atoms with Crippen LogP contribution in [0.3, 0.4) is 0 Å². The molecule has 3 aromatic rings. The van der Waals surface area contributed by atoms with Gasteiger partial charge in [-0.3, -0.25) is 9.20 Å². The zero-order valence-electron chi connectivity index (χ0n) is 18.7. The number of nitrogens with one attached hydrogen (secondary N) is 1. The third-order valence-corrected chi connectivity index (χ3v) is 5.21. The highest BCUT2D eigenvalue weighted by atomic mass is 16.2. The van der Waals surface area contributed by atoms with E-state index < -0.39 is 0 Å². The lowest BCUT2D eigenvalue weighted by Crippen LogP contribution is -2.43. The van der Waals surface area contributed by atoms with Crippen LogP contribution in [-0.4, -0.2) is 57.0 Å². The fourth-order valence-electron chi connectivity index (χ4n) is 3.38. The molecule has 1 unspecified atom stereocenters. The summed E-state index contributed by atoms with van der Waals surface area (Å²) in [5.41, 5.74) is 2.33. The topological polar surface area (TPSA) is 82.8 Å². The molecule has 31 heavy (non-hydrogen) atoms. The first-order chi connectivity index (χ1) is 14.8. The van der Waals surface area contributed by atoms with Gasteiger partial charge in [-0.15, -0.1) is 10.2 Å². The molecule has 0 aliphatic heterocycles. The zero-order chi connectivity index (χ0) is 22.5. The van der Waals surface area contributed by atoms with Gasteiger partial charge < -0.3 is 15.1 Å². The average Bonchev–Trinajstić information content (AvgIpc) is 3.19. The molecule has 164 valence electrons. The van der Waals surface area contributed by atoms with Crippen LogP contribution in [0.1, 0.15) is 48.6 Å². The van der Waals surface area contributed by atoms with Crippen LogP contribution in [0.2, 0.25) is 0 Å². The minimum atomic E-state index is -0.279. The van der Waals surface area contributed by atoms with Gasteiger partial charge in [0.25, 0.3) is 5.91 Å². The third kappa shape index (κ3) is 5.02. The largest absolute Gasteiger partial charge is 0.345 e. The molecule has 2 heterocycles. The number of nitrogens with zero attached hydrogens (tertiary/aromatic N) is 5. The summed E-state index contributed by atoms with van der Waals surface area (Å²) in [4.78, 5) is 28.4. The predicted octanol–water partition coefficient (Wildman–Crippen LogP) is 3.36. The summed E-state index contributed by atoms with van der Waals surface area (Å²) in [5, 5.41) is 11.7. The van der Waals surface area contributed by atoms with Crippen molar-refractivity contribution in [2.45, 2.75) is 33.4 Å². The van der Waals surface area contributed by atoms with E-state index in [1.165, 1.54) is 0 Å². The summed E-state index contributed by atoms with van der Waals surface area (Å²) in [6.45, 7) is 7.04. The number of fused-ring (bicyclic) bond motifs is 1. The van der Waals surface area contributed by atoms with E-state index in [4.69, 9.17) is 0 Å². The molecule has 1 aromatic carbocycles. The summed E-state index contributed by atoms with van der Waals surface area (Å²) >= 11 is 0. The molecule has 3 amide bonds. The Bertz CT molecular complexity index is 1040. The molecule has 0 radical (unpaired) electrons. The van der Waals surface area contributed by atoms with Crippen molar-refractivity contribution >= 4 is 17.6 Å². The molecule has 8 nitrogen and oxygen atoms in total. The van der Waals surface area contributed by atoms with E-state index in [0.717, 1.165) is 11.2 Å². The van der Waals surface area contributed by atoms with Crippen LogP contribution in [-0.2, 0) is 6.54 Å². The average molecular weight is 423 g/mol. The minimum absolute atomic E-state index is 0.0445. The van der Waals surface area contributed by atoms with Crippen LogP contribution in [0.15, 0.2) is 48.7 Å². The van der Waals surface area contributed by atoms with E-state index in [9.17, 15) is 9.59 Å². The number of amides is 3. The van der Waals surface area contributed by atoms with Gasteiger partial charge in [-0.05, 0) is 42.7 Å². The Morgan fingerprint density at radius 3 is 2.39 bits per heavy atom. The molecule has 0 saturated carbocycles. The van der Waals surface area contributed by atoms with E-state index in [-0.39, 0.29) is 23.9 Å². The highest BCUT2D eigenvalue weighted by molar-refractivity contribution is 5.93. The van der Waals surface area contributed by atoms with Gasteiger partial charge in [0.1, 0.15) is 0 Å². The monoisotopic (exact) mass is 422 g/mol. The summed E-state index contributed by atoms with van der Waals surface area (Å²) in [6.07, 6.45) is 1.90. The molecule has 3 rings (SSSR count). The standard InChI is InChI=1S/C23H30N6O2/c1-6-28(15-17-10-12-18(13-11-17)22(30)27(4)5)23(31)24-20(16(2)3)21-26-25-19-9-7-8-14-29(19)21/h7-14,16,20H,6,15H2,1-5H3,(H,24,31). The quantitative estimate of drug-likeness (QED) is 0.633. The second-order valence-corrected chi connectivity index (χ2v) is 8.07. The number of pyridine rings is 1. The Hall–Kier alpha value is -3.42. The summed E-state index contributed by atoms with van der Waals surface area (Å²) in [6, 6.07) is 12.6. The van der Waals surface area contributed by atoms with Gasteiger partial charge in [-0.2, -0.15) is 0 Å². The highest BCUT2D eigenvalue weighted by Gasteiger charge is 2.25. The normalized spacial score (nSPS) is 12.1. The van der Waals surface area contributed by atoms with Gasteiger partial charge in [0.2, 0.25) is 0 Å². The van der Waals surface area contributed by atoms with Crippen molar-refractivity contribution in [3.05, 3.63) is 65.6 Å². The van der Waals surface area contributed by atoms with E-state index in [1.54, 1.807) is 36.0 Å². The molecular weight excluding hydrogens is 392 g/mol. The Morgan fingerprint density at radius 1 is 1.06 bits per heavy atom. The van der Waals surface area contributed by atoms with Gasteiger partial charge in [-0.1, -0.05) is 32.0 Å². The van der Waals surface area contributed by atoms with Crippen LogP contribution in [0.5, 0.6) is 0 Å². The molecule has 0 saturated heterocycles. The van der Waals surface area contributed by atoms with Gasteiger partial charge in [0.15, 0.2) is 11.5 Å². The number of rotatable bonds is 7. The lowest BCUT2D eigenvalue weighted by atomic mass is 10.0. The van der Waals surface area contributed by atoms with E-state index in [1.807, 2.05) is 61.7 Å². The second kappa shape index (κ2) is 9.59. The maximum absolute atomic E-state index is 13.1. The smallest absolute Gasteiger partial charge is 0.318 e. The molecule has 2 aromatic heterocycles. The number of carbonyl (C=O) groups excluding carboxylic acids is 2. The van der Waals surface area contributed by atoms with Crippen LogP contribution in [0.4, 0.5) is 4.79 Å². The van der Waals surface area contributed by atoms with Crippen molar-refractivity contribution in [2.24, 2.45) is 5.92 Å². The Balaban J connectivity index is 1.74. The molecule has 8 heteroatoms. The Kier molecular flexibility index (Phi) is 6.89. The third-order valence-electron chi connectivity index (χ3n) is 5.21. The summed E-state index contributed by atoms with van der Waals surface area (Å²) in [7, 11) is 3.45. The first kappa shape index (κ1) is 22.3. The molecule has 1 N–H and O–H groups in total. The minimum Gasteiger partial charge on any atom is -0.345 e.